The van der Waals surface area contributed by atoms with Gasteiger partial charge in [-0.05, 0) is 31.0 Å². The number of fused-ring (bicyclic) bond motifs is 2. The normalized spacial score (nSPS) is 20.5. The number of hydrogen-bond donors (Lipinski definition) is 3. The number of carbonyl (C=O) groups is 1. The molecule has 188 valence electrons. The lowest BCUT2D eigenvalue weighted by atomic mass is 9.89. The van der Waals surface area contributed by atoms with Crippen molar-refractivity contribution in [2.24, 2.45) is 0 Å². The molecule has 1 saturated heterocycles. The highest BCUT2D eigenvalue weighted by molar-refractivity contribution is 5.96. The fourth-order valence-electron chi connectivity index (χ4n) is 4.90. The van der Waals surface area contributed by atoms with E-state index < -0.39 is 6.10 Å². The fraction of sp³-hybridized carbons (Fsp3) is 0.440. The van der Waals surface area contributed by atoms with Crippen LogP contribution in [0, 0.1) is 0 Å². The van der Waals surface area contributed by atoms with Gasteiger partial charge in [0.2, 0.25) is 0 Å². The predicted octanol–water partition coefficient (Wildman–Crippen LogP) is 1.37. The first-order valence-corrected chi connectivity index (χ1v) is 12.4. The first kappa shape index (κ1) is 22.9. The van der Waals surface area contributed by atoms with Gasteiger partial charge in [-0.1, -0.05) is 0 Å². The molecule has 11 nitrogen and oxygen atoms in total. The summed E-state index contributed by atoms with van der Waals surface area (Å²) in [6.07, 6.45) is 6.39. The highest BCUT2D eigenvalue weighted by Crippen LogP contribution is 2.31. The average Bonchev–Trinajstić information content (AvgIpc) is 3.51. The van der Waals surface area contributed by atoms with Crippen LogP contribution in [0.1, 0.15) is 23.3 Å². The van der Waals surface area contributed by atoms with Crippen molar-refractivity contribution in [1.29, 1.82) is 0 Å². The number of aromatic nitrogens is 5. The second kappa shape index (κ2) is 9.49. The largest absolute Gasteiger partial charge is 0.391 e. The van der Waals surface area contributed by atoms with Crippen LogP contribution in [0.15, 0.2) is 36.8 Å². The van der Waals surface area contributed by atoms with E-state index in [0.717, 1.165) is 68.1 Å². The molecule has 1 saturated carbocycles. The Labute approximate surface area is 208 Å². The van der Waals surface area contributed by atoms with Crippen molar-refractivity contribution in [3.05, 3.63) is 42.5 Å². The van der Waals surface area contributed by atoms with Crippen LogP contribution in [-0.4, -0.2) is 92.1 Å². The van der Waals surface area contributed by atoms with E-state index in [9.17, 15) is 9.90 Å². The van der Waals surface area contributed by atoms with Crippen LogP contribution in [0.25, 0.3) is 27.9 Å². The highest BCUT2D eigenvalue weighted by Gasteiger charge is 2.31. The molecule has 1 aliphatic carbocycles. The second-order valence-electron chi connectivity index (χ2n) is 9.36. The van der Waals surface area contributed by atoms with Gasteiger partial charge >= 0.3 is 0 Å². The number of aliphatic hydroxyl groups is 1. The van der Waals surface area contributed by atoms with Crippen molar-refractivity contribution in [2.75, 3.05) is 45.2 Å². The number of morpholine rings is 1. The number of imidazole rings is 1. The summed E-state index contributed by atoms with van der Waals surface area (Å²) in [7, 11) is 1.82. The lowest BCUT2D eigenvalue weighted by molar-refractivity contribution is 0.0365. The molecule has 0 aromatic carbocycles. The summed E-state index contributed by atoms with van der Waals surface area (Å²) in [5.74, 6) is -0.299. The van der Waals surface area contributed by atoms with Gasteiger partial charge in [0.15, 0.2) is 11.3 Å². The Morgan fingerprint density at radius 3 is 2.81 bits per heavy atom. The quantitative estimate of drug-likeness (QED) is 0.355. The van der Waals surface area contributed by atoms with Gasteiger partial charge in [-0.15, -0.1) is 0 Å². The van der Waals surface area contributed by atoms with Crippen LogP contribution < -0.4 is 10.6 Å². The maximum absolute atomic E-state index is 13.0. The van der Waals surface area contributed by atoms with Crippen molar-refractivity contribution >= 4 is 28.3 Å². The Balaban J connectivity index is 1.37. The Hall–Kier alpha value is -3.54. The zero-order chi connectivity index (χ0) is 24.6. The number of aliphatic hydroxyl groups excluding tert-OH is 1. The van der Waals surface area contributed by atoms with Crippen LogP contribution in [0.2, 0.25) is 0 Å². The molecule has 3 N–H and O–H groups in total. The van der Waals surface area contributed by atoms with E-state index in [1.54, 1.807) is 10.7 Å². The van der Waals surface area contributed by atoms with Gasteiger partial charge in [0.25, 0.3) is 5.91 Å². The van der Waals surface area contributed by atoms with Crippen molar-refractivity contribution < 1.29 is 14.6 Å². The van der Waals surface area contributed by atoms with Crippen LogP contribution in [0.4, 0.5) is 5.69 Å². The van der Waals surface area contributed by atoms with E-state index in [0.29, 0.717) is 23.5 Å². The van der Waals surface area contributed by atoms with Crippen LogP contribution in [0.5, 0.6) is 0 Å². The topological polar surface area (TPSA) is 122 Å². The molecule has 6 rings (SSSR count). The Morgan fingerprint density at radius 2 is 2.06 bits per heavy atom. The van der Waals surface area contributed by atoms with Crippen molar-refractivity contribution in [2.45, 2.75) is 31.5 Å². The summed E-state index contributed by atoms with van der Waals surface area (Å²) < 4.78 is 9.22. The number of carbonyl (C=O) groups excluding carboxylic acids is 1. The lowest BCUT2D eigenvalue weighted by Crippen LogP contribution is -2.50. The lowest BCUT2D eigenvalue weighted by Gasteiger charge is -2.32. The minimum absolute atomic E-state index is 0.231. The van der Waals surface area contributed by atoms with Crippen molar-refractivity contribution in [3.8, 4) is 11.3 Å². The van der Waals surface area contributed by atoms with E-state index in [1.807, 2.05) is 25.2 Å². The molecule has 11 heteroatoms. The maximum Gasteiger partial charge on any atom is 0.271 e. The SMILES string of the molecule is CNc1cc(-c2cn(CCN3CCOCC3)c3ncccc23)nn2c(C(=O)NC3CC[C@H]3O)cnc12. The number of anilines is 1. The number of rotatable bonds is 7. The second-order valence-corrected chi connectivity index (χ2v) is 9.36. The molecule has 36 heavy (non-hydrogen) atoms. The molecule has 2 fully saturated rings. The molecule has 1 unspecified atom stereocenters. The van der Waals surface area contributed by atoms with Gasteiger partial charge in [-0.3, -0.25) is 9.69 Å². The molecule has 2 aliphatic rings. The molecule has 0 radical (unpaired) electrons. The minimum atomic E-state index is -0.499. The van der Waals surface area contributed by atoms with Gasteiger partial charge in [-0.2, -0.15) is 5.10 Å². The van der Waals surface area contributed by atoms with Crippen LogP contribution >= 0.6 is 0 Å². The van der Waals surface area contributed by atoms with E-state index in [-0.39, 0.29) is 11.9 Å². The van der Waals surface area contributed by atoms with Gasteiger partial charge in [0.05, 0.1) is 42.9 Å². The summed E-state index contributed by atoms with van der Waals surface area (Å²) in [5, 5.41) is 21.8. The molecule has 1 amide bonds. The Bertz CT molecular complexity index is 1410. The number of nitrogens with zero attached hydrogens (tertiary/aromatic N) is 6. The molecule has 2 atom stereocenters. The standard InChI is InChI=1S/C25H30N8O3/c1-26-20-13-19(30-33-21(14-28-24(20)33)25(35)29-18-4-5-22(18)34)17-15-32(23-16(17)3-2-6-27-23)8-7-31-9-11-36-12-10-31/h2-3,6,13-15,18,22,26,34H,4-5,7-12H2,1H3,(H,29,35)/t18?,22-/m1/s1. The number of ether oxygens (including phenoxy) is 1. The molecule has 4 aromatic heterocycles. The third-order valence-corrected chi connectivity index (χ3v) is 7.19. The van der Waals surface area contributed by atoms with Gasteiger partial charge in [-0.25, -0.2) is 14.5 Å². The maximum atomic E-state index is 13.0. The number of hydrogen-bond acceptors (Lipinski definition) is 8. The first-order chi connectivity index (χ1) is 17.6. The predicted molar refractivity (Wildman–Crippen MR) is 135 cm³/mol. The molecule has 0 bridgehead atoms. The first-order valence-electron chi connectivity index (χ1n) is 12.4. The Kier molecular flexibility index (Phi) is 6.04. The fourth-order valence-corrected chi connectivity index (χ4v) is 4.90. The molecule has 4 aromatic rings. The zero-order valence-electron chi connectivity index (χ0n) is 20.2. The third kappa shape index (κ3) is 4.08. The van der Waals surface area contributed by atoms with E-state index in [4.69, 9.17) is 9.84 Å². The summed E-state index contributed by atoms with van der Waals surface area (Å²) in [5.41, 5.74) is 4.21. The summed E-state index contributed by atoms with van der Waals surface area (Å²) >= 11 is 0. The average molecular weight is 491 g/mol. The van der Waals surface area contributed by atoms with Crippen LogP contribution in [-0.2, 0) is 11.3 Å². The highest BCUT2D eigenvalue weighted by atomic mass is 16.5. The monoisotopic (exact) mass is 490 g/mol. The summed E-state index contributed by atoms with van der Waals surface area (Å²) in [4.78, 5) is 24.5. The minimum Gasteiger partial charge on any atom is -0.391 e. The van der Waals surface area contributed by atoms with Crippen molar-refractivity contribution in [1.82, 2.24) is 34.4 Å². The van der Waals surface area contributed by atoms with Crippen LogP contribution in [0.3, 0.4) is 0 Å². The van der Waals surface area contributed by atoms with Gasteiger partial charge < -0.3 is 25.0 Å². The molecular formula is C25H30N8O3. The van der Waals surface area contributed by atoms with Crippen molar-refractivity contribution in [3.63, 3.8) is 0 Å². The third-order valence-electron chi connectivity index (χ3n) is 7.19. The summed E-state index contributed by atoms with van der Waals surface area (Å²) in [6, 6.07) is 5.70. The summed E-state index contributed by atoms with van der Waals surface area (Å²) in [6.45, 7) is 5.13. The number of amides is 1. The Morgan fingerprint density at radius 1 is 1.19 bits per heavy atom. The van der Waals surface area contributed by atoms with E-state index in [2.05, 4.69) is 36.3 Å². The molecule has 0 spiro atoms. The van der Waals surface area contributed by atoms with E-state index >= 15 is 0 Å². The molecular weight excluding hydrogens is 460 g/mol. The smallest absolute Gasteiger partial charge is 0.271 e. The zero-order valence-corrected chi connectivity index (χ0v) is 20.2. The number of nitrogens with one attached hydrogen (secondary N) is 2. The van der Waals surface area contributed by atoms with Gasteiger partial charge in [0, 0.05) is 56.6 Å². The van der Waals surface area contributed by atoms with Gasteiger partial charge in [0.1, 0.15) is 5.65 Å². The molecule has 5 heterocycles. The number of pyridine rings is 1. The molecule has 1 aliphatic heterocycles. The van der Waals surface area contributed by atoms with E-state index in [1.165, 1.54) is 6.20 Å².